The van der Waals surface area contributed by atoms with Gasteiger partial charge in [0.2, 0.25) is 0 Å². The van der Waals surface area contributed by atoms with E-state index in [-0.39, 0.29) is 17.2 Å². The van der Waals surface area contributed by atoms with E-state index in [0.29, 0.717) is 19.0 Å². The van der Waals surface area contributed by atoms with E-state index in [4.69, 9.17) is 0 Å². The van der Waals surface area contributed by atoms with Crippen molar-refractivity contribution in [1.82, 2.24) is 14.9 Å². The fourth-order valence-electron chi connectivity index (χ4n) is 6.39. The van der Waals surface area contributed by atoms with Crippen molar-refractivity contribution >= 4 is 5.69 Å². The first kappa shape index (κ1) is 34.5. The van der Waals surface area contributed by atoms with Crippen molar-refractivity contribution in [2.24, 2.45) is 0 Å². The fourth-order valence-corrected chi connectivity index (χ4v) is 6.39. The number of phenols is 3. The number of pyridine rings is 2. The van der Waals surface area contributed by atoms with Crippen LogP contribution in [0.1, 0.15) is 62.3 Å². The summed E-state index contributed by atoms with van der Waals surface area (Å²) in [6, 6.07) is 28.3. The molecule has 7 nitrogen and oxygen atoms in total. The lowest BCUT2D eigenvalue weighted by Crippen LogP contribution is -2.44. The maximum absolute atomic E-state index is 10.4. The molecule has 48 heavy (non-hydrogen) atoms. The summed E-state index contributed by atoms with van der Waals surface area (Å²) in [4.78, 5) is 14.2. The lowest BCUT2D eigenvalue weighted by Gasteiger charge is -2.40. The molecule has 1 aliphatic heterocycles. The molecule has 2 aromatic heterocycles. The molecule has 0 radical (unpaired) electrons. The van der Waals surface area contributed by atoms with Gasteiger partial charge in [0.05, 0.1) is 11.4 Å². The number of aryl methyl sites for hydroxylation is 2. The van der Waals surface area contributed by atoms with Crippen molar-refractivity contribution in [3.63, 3.8) is 0 Å². The number of piperidine rings is 1. The monoisotopic (exact) mass is 644 g/mol. The average Bonchev–Trinajstić information content (AvgIpc) is 3.11. The van der Waals surface area contributed by atoms with Crippen LogP contribution in [0.15, 0.2) is 97.3 Å². The number of likely N-dealkylation sites (tertiary alicyclic amines) is 1. The Labute approximate surface area is 285 Å². The number of anilines is 1. The second-order valence-electron chi connectivity index (χ2n) is 12.4. The van der Waals surface area contributed by atoms with Gasteiger partial charge >= 0.3 is 0 Å². The Kier molecular flexibility index (Phi) is 11.7. The van der Waals surface area contributed by atoms with E-state index in [1.165, 1.54) is 11.1 Å². The summed E-state index contributed by atoms with van der Waals surface area (Å²) in [7, 11) is 0. The summed E-state index contributed by atoms with van der Waals surface area (Å²) in [6.45, 7) is 11.7. The van der Waals surface area contributed by atoms with Gasteiger partial charge in [0.25, 0.3) is 0 Å². The largest absolute Gasteiger partial charge is 0.508 e. The minimum Gasteiger partial charge on any atom is -0.508 e. The average molecular weight is 645 g/mol. The number of hydrogen-bond acceptors (Lipinski definition) is 7. The number of phenolic OH excluding ortho intramolecular Hbond substituents is 3. The molecular formula is C41H48N4O3. The van der Waals surface area contributed by atoms with Crippen molar-refractivity contribution in [3.05, 3.63) is 120 Å². The Balaban J connectivity index is 0.00000221. The number of nitrogens with zero attached hydrogens (tertiary/aromatic N) is 4. The Hall–Kier alpha value is -4.88. The standard InChI is InChI=1S/C39H42N4O3.C2H6/c1-3-4-31-23-32(24-38(45)39(31)46)37-22-29(14-18-41-37)26-43(33-9-11-35(44)12-10-33)34-15-19-42(20-16-34)25-28-13-17-40-36(21-28)30-7-5-27(2)6-8-30;1-2/h5-14,17-18,21-24,34,44-46H,3-4,15-16,19-20,25-26H2,1-2H3;1-2H3. The highest BCUT2D eigenvalue weighted by Gasteiger charge is 2.26. The molecular weight excluding hydrogens is 596 g/mol. The first-order chi connectivity index (χ1) is 23.4. The van der Waals surface area contributed by atoms with E-state index in [1.807, 2.05) is 57.4 Å². The molecule has 3 heterocycles. The zero-order valence-electron chi connectivity index (χ0n) is 28.6. The molecule has 0 unspecified atom stereocenters. The third-order valence-electron chi connectivity index (χ3n) is 8.92. The number of rotatable bonds is 10. The molecule has 3 aromatic carbocycles. The Morgan fingerprint density at radius 3 is 2.04 bits per heavy atom. The highest BCUT2D eigenvalue weighted by molar-refractivity contribution is 5.66. The Morgan fingerprint density at radius 1 is 0.750 bits per heavy atom. The van der Waals surface area contributed by atoms with E-state index in [1.54, 1.807) is 18.2 Å². The van der Waals surface area contributed by atoms with Crippen LogP contribution in [0.25, 0.3) is 22.5 Å². The van der Waals surface area contributed by atoms with Crippen LogP contribution in [-0.4, -0.2) is 49.3 Å². The summed E-state index contributed by atoms with van der Waals surface area (Å²) in [5.41, 5.74) is 9.09. The summed E-state index contributed by atoms with van der Waals surface area (Å²) in [5.74, 6) is 0.0770. The lowest BCUT2D eigenvalue weighted by molar-refractivity contribution is 0.201. The van der Waals surface area contributed by atoms with Crippen LogP contribution in [0.3, 0.4) is 0 Å². The third-order valence-corrected chi connectivity index (χ3v) is 8.92. The van der Waals surface area contributed by atoms with Crippen molar-refractivity contribution in [1.29, 1.82) is 0 Å². The minimum atomic E-state index is -0.122. The first-order valence-corrected chi connectivity index (χ1v) is 17.2. The second kappa shape index (κ2) is 16.3. The summed E-state index contributed by atoms with van der Waals surface area (Å²) < 4.78 is 0. The second-order valence-corrected chi connectivity index (χ2v) is 12.4. The van der Waals surface area contributed by atoms with E-state index < -0.39 is 0 Å². The van der Waals surface area contributed by atoms with E-state index in [0.717, 1.165) is 78.2 Å². The quantitative estimate of drug-likeness (QED) is 0.131. The maximum atomic E-state index is 10.4. The summed E-state index contributed by atoms with van der Waals surface area (Å²) >= 11 is 0. The number of hydrogen-bond donors (Lipinski definition) is 3. The summed E-state index contributed by atoms with van der Waals surface area (Å²) in [5, 5.41) is 30.7. The van der Waals surface area contributed by atoms with Crippen molar-refractivity contribution in [2.75, 3.05) is 18.0 Å². The van der Waals surface area contributed by atoms with Gasteiger partial charge in [-0.3, -0.25) is 14.9 Å². The molecule has 3 N–H and O–H groups in total. The number of aromatic nitrogens is 2. The molecule has 0 saturated carbocycles. The van der Waals surface area contributed by atoms with Crippen LogP contribution in [0, 0.1) is 6.92 Å². The predicted octanol–water partition coefficient (Wildman–Crippen LogP) is 8.89. The maximum Gasteiger partial charge on any atom is 0.160 e. The van der Waals surface area contributed by atoms with Crippen molar-refractivity contribution < 1.29 is 15.3 Å². The van der Waals surface area contributed by atoms with E-state index >= 15 is 0 Å². The predicted molar refractivity (Wildman–Crippen MR) is 195 cm³/mol. The number of aromatic hydroxyl groups is 3. The van der Waals surface area contributed by atoms with Gasteiger partial charge in [-0.1, -0.05) is 57.0 Å². The van der Waals surface area contributed by atoms with Crippen molar-refractivity contribution in [3.8, 4) is 39.8 Å². The van der Waals surface area contributed by atoms with Gasteiger partial charge in [0, 0.05) is 61.4 Å². The van der Waals surface area contributed by atoms with Gasteiger partial charge in [-0.2, -0.15) is 0 Å². The molecule has 0 bridgehead atoms. The summed E-state index contributed by atoms with van der Waals surface area (Å²) in [6.07, 6.45) is 7.29. The molecule has 1 saturated heterocycles. The van der Waals surface area contributed by atoms with Gasteiger partial charge in [0.15, 0.2) is 11.5 Å². The molecule has 250 valence electrons. The van der Waals surface area contributed by atoms with Crippen LogP contribution in [0.4, 0.5) is 5.69 Å². The molecule has 1 fully saturated rings. The molecule has 0 spiro atoms. The lowest BCUT2D eigenvalue weighted by atomic mass is 9.99. The van der Waals surface area contributed by atoms with Crippen LogP contribution in [0.5, 0.6) is 17.2 Å². The van der Waals surface area contributed by atoms with Gasteiger partial charge in [-0.05, 0) is 104 Å². The Morgan fingerprint density at radius 2 is 1.38 bits per heavy atom. The van der Waals surface area contributed by atoms with Crippen LogP contribution in [-0.2, 0) is 19.5 Å². The molecule has 0 atom stereocenters. The molecule has 0 aliphatic carbocycles. The third kappa shape index (κ3) is 8.52. The minimum absolute atomic E-state index is 0.0535. The number of benzene rings is 3. The van der Waals surface area contributed by atoms with Gasteiger partial charge < -0.3 is 20.2 Å². The van der Waals surface area contributed by atoms with E-state index in [9.17, 15) is 15.3 Å². The van der Waals surface area contributed by atoms with Gasteiger partial charge in [-0.15, -0.1) is 0 Å². The fraction of sp³-hybridized carbons (Fsp3) is 0.317. The highest BCUT2D eigenvalue weighted by Crippen LogP contribution is 2.35. The molecule has 0 amide bonds. The normalized spacial score (nSPS) is 13.5. The zero-order valence-corrected chi connectivity index (χ0v) is 28.6. The topological polar surface area (TPSA) is 93.0 Å². The van der Waals surface area contributed by atoms with Crippen molar-refractivity contribution in [2.45, 2.75) is 72.5 Å². The smallest absolute Gasteiger partial charge is 0.160 e. The highest BCUT2D eigenvalue weighted by atomic mass is 16.3. The molecule has 5 aromatic rings. The first-order valence-electron chi connectivity index (χ1n) is 17.2. The molecule has 6 rings (SSSR count). The van der Waals surface area contributed by atoms with Crippen LogP contribution >= 0.6 is 0 Å². The van der Waals surface area contributed by atoms with E-state index in [2.05, 4.69) is 69.2 Å². The molecule has 7 heteroatoms. The van der Waals surface area contributed by atoms with Gasteiger partial charge in [0.1, 0.15) is 5.75 Å². The van der Waals surface area contributed by atoms with Crippen LogP contribution < -0.4 is 4.90 Å². The molecule has 1 aliphatic rings. The Bertz CT molecular complexity index is 1760. The van der Waals surface area contributed by atoms with Crippen LogP contribution in [0.2, 0.25) is 0 Å². The zero-order chi connectivity index (χ0) is 34.0. The van der Waals surface area contributed by atoms with Gasteiger partial charge in [-0.25, -0.2) is 0 Å². The SMILES string of the molecule is CC.CCCc1cc(-c2cc(CN(c3ccc(O)cc3)C3CCN(Cc4ccnc(-c5ccc(C)cc5)c4)CC3)ccn2)cc(O)c1O.